The molecule has 1 aromatic carbocycles. The predicted molar refractivity (Wildman–Crippen MR) is 92.2 cm³/mol. The molecule has 126 valence electrons. The van der Waals surface area contributed by atoms with Crippen LogP contribution in [0.25, 0.3) is 0 Å². The lowest BCUT2D eigenvalue weighted by Crippen LogP contribution is -2.32. The monoisotopic (exact) mass is 327 g/mol. The summed E-state index contributed by atoms with van der Waals surface area (Å²) < 4.78 is 4.89. The third kappa shape index (κ3) is 4.39. The number of nitrogens with one attached hydrogen (secondary N) is 1. The van der Waals surface area contributed by atoms with Crippen LogP contribution in [0.4, 0.5) is 5.69 Å². The Hall–Kier alpha value is -2.73. The number of methoxy groups -OCH3 is 1. The van der Waals surface area contributed by atoms with E-state index in [2.05, 4.69) is 10.3 Å². The number of para-hydroxylation sites is 1. The zero-order valence-corrected chi connectivity index (χ0v) is 13.9. The van der Waals surface area contributed by atoms with Gasteiger partial charge in [-0.25, -0.2) is 4.98 Å². The summed E-state index contributed by atoms with van der Waals surface area (Å²) in [6.07, 6.45) is 0. The number of anilines is 1. The van der Waals surface area contributed by atoms with Gasteiger partial charge in [-0.15, -0.1) is 0 Å². The summed E-state index contributed by atoms with van der Waals surface area (Å²) >= 11 is 0. The van der Waals surface area contributed by atoms with Crippen molar-refractivity contribution in [3.63, 3.8) is 0 Å². The van der Waals surface area contributed by atoms with Gasteiger partial charge in [0.25, 0.3) is 11.8 Å². The lowest BCUT2D eigenvalue weighted by molar-refractivity contribution is 0.0931. The van der Waals surface area contributed by atoms with E-state index in [0.29, 0.717) is 19.7 Å². The van der Waals surface area contributed by atoms with E-state index in [4.69, 9.17) is 4.74 Å². The Balaban J connectivity index is 2.17. The summed E-state index contributed by atoms with van der Waals surface area (Å²) in [5, 5.41) is 2.69. The number of hydrogen-bond acceptors (Lipinski definition) is 4. The largest absolute Gasteiger partial charge is 0.383 e. The quantitative estimate of drug-likeness (QED) is 0.791. The Kier molecular flexibility index (Phi) is 6.45. The molecule has 1 N–H and O–H groups in total. The van der Waals surface area contributed by atoms with Crippen molar-refractivity contribution < 1.29 is 14.3 Å². The van der Waals surface area contributed by atoms with Crippen molar-refractivity contribution in [1.29, 1.82) is 0 Å². The number of nitrogens with zero attached hydrogens (tertiary/aromatic N) is 2. The molecule has 0 radical (unpaired) electrons. The van der Waals surface area contributed by atoms with E-state index in [9.17, 15) is 9.59 Å². The maximum atomic E-state index is 12.7. The van der Waals surface area contributed by atoms with Gasteiger partial charge in [-0.05, 0) is 31.2 Å². The predicted octanol–water partition coefficient (Wildman–Crippen LogP) is 2.12. The van der Waals surface area contributed by atoms with Crippen LogP contribution >= 0.6 is 0 Å². The highest BCUT2D eigenvalue weighted by atomic mass is 16.5. The second-order valence-corrected chi connectivity index (χ2v) is 5.04. The first kappa shape index (κ1) is 17.6. The Morgan fingerprint density at radius 1 is 1.08 bits per heavy atom. The summed E-state index contributed by atoms with van der Waals surface area (Å²) in [6, 6.07) is 14.2. The van der Waals surface area contributed by atoms with Crippen LogP contribution in [0.5, 0.6) is 0 Å². The zero-order chi connectivity index (χ0) is 17.4. The molecule has 24 heavy (non-hydrogen) atoms. The van der Waals surface area contributed by atoms with Crippen LogP contribution in [-0.4, -0.2) is 43.6 Å². The summed E-state index contributed by atoms with van der Waals surface area (Å²) in [7, 11) is 1.56. The van der Waals surface area contributed by atoms with E-state index in [1.54, 1.807) is 30.2 Å². The molecular formula is C18H21N3O3. The maximum absolute atomic E-state index is 12.7. The van der Waals surface area contributed by atoms with Crippen LogP contribution < -0.4 is 10.2 Å². The molecule has 0 unspecified atom stereocenters. The van der Waals surface area contributed by atoms with Gasteiger partial charge in [0.05, 0.1) is 6.61 Å². The van der Waals surface area contributed by atoms with Crippen molar-refractivity contribution in [3.8, 4) is 0 Å². The van der Waals surface area contributed by atoms with Gasteiger partial charge in [0.1, 0.15) is 11.4 Å². The molecule has 6 heteroatoms. The summed E-state index contributed by atoms with van der Waals surface area (Å²) in [6.45, 7) is 3.21. The third-order valence-corrected chi connectivity index (χ3v) is 3.42. The molecule has 0 aliphatic heterocycles. The fourth-order valence-electron chi connectivity index (χ4n) is 2.23. The van der Waals surface area contributed by atoms with Crippen molar-refractivity contribution in [2.45, 2.75) is 6.92 Å². The van der Waals surface area contributed by atoms with Crippen LogP contribution in [-0.2, 0) is 4.74 Å². The molecule has 2 rings (SSSR count). The van der Waals surface area contributed by atoms with Crippen molar-refractivity contribution in [3.05, 3.63) is 59.9 Å². The van der Waals surface area contributed by atoms with Crippen LogP contribution in [0, 0.1) is 0 Å². The van der Waals surface area contributed by atoms with Crippen molar-refractivity contribution in [2.75, 3.05) is 31.7 Å². The fourth-order valence-corrected chi connectivity index (χ4v) is 2.23. The van der Waals surface area contributed by atoms with Gasteiger partial charge in [-0.2, -0.15) is 0 Å². The average molecular weight is 327 g/mol. The van der Waals surface area contributed by atoms with Gasteiger partial charge in [-0.1, -0.05) is 24.3 Å². The number of amides is 2. The number of ether oxygens (including phenoxy) is 1. The smallest absolute Gasteiger partial charge is 0.276 e. The molecule has 0 aliphatic rings. The molecule has 0 fully saturated rings. The Morgan fingerprint density at radius 2 is 1.79 bits per heavy atom. The molecule has 0 saturated heterocycles. The van der Waals surface area contributed by atoms with E-state index in [1.807, 2.05) is 37.3 Å². The normalized spacial score (nSPS) is 10.2. The number of carbonyl (C=O) groups excluding carboxylic acids is 2. The first-order valence-electron chi connectivity index (χ1n) is 7.78. The van der Waals surface area contributed by atoms with Crippen molar-refractivity contribution >= 4 is 17.5 Å². The summed E-state index contributed by atoms with van der Waals surface area (Å²) in [5.74, 6) is -0.570. The number of pyridine rings is 1. The summed E-state index contributed by atoms with van der Waals surface area (Å²) in [4.78, 5) is 30.6. The molecule has 2 aromatic rings. The first-order valence-corrected chi connectivity index (χ1v) is 7.78. The van der Waals surface area contributed by atoms with Gasteiger partial charge >= 0.3 is 0 Å². The lowest BCUT2D eigenvalue weighted by Gasteiger charge is -2.20. The maximum Gasteiger partial charge on any atom is 0.276 e. The average Bonchev–Trinajstić information content (AvgIpc) is 2.63. The second-order valence-electron chi connectivity index (χ2n) is 5.04. The fraction of sp³-hybridized carbons (Fsp3) is 0.278. The van der Waals surface area contributed by atoms with Gasteiger partial charge in [-0.3, -0.25) is 9.59 Å². The van der Waals surface area contributed by atoms with Crippen molar-refractivity contribution in [1.82, 2.24) is 10.3 Å². The number of benzene rings is 1. The molecule has 1 heterocycles. The Bertz CT molecular complexity index is 689. The van der Waals surface area contributed by atoms with E-state index in [0.717, 1.165) is 5.69 Å². The zero-order valence-electron chi connectivity index (χ0n) is 13.9. The molecule has 0 aliphatic carbocycles. The first-order chi connectivity index (χ1) is 11.7. The van der Waals surface area contributed by atoms with Crippen LogP contribution in [0.15, 0.2) is 48.5 Å². The van der Waals surface area contributed by atoms with E-state index < -0.39 is 0 Å². The third-order valence-electron chi connectivity index (χ3n) is 3.42. The highest BCUT2D eigenvalue weighted by molar-refractivity contribution is 6.05. The number of carbonyl (C=O) groups is 2. The van der Waals surface area contributed by atoms with Gasteiger partial charge in [0.2, 0.25) is 0 Å². The highest BCUT2D eigenvalue weighted by Crippen LogP contribution is 2.16. The van der Waals surface area contributed by atoms with Crippen LogP contribution in [0.3, 0.4) is 0 Å². The number of aromatic nitrogens is 1. The Labute approximate surface area is 141 Å². The minimum atomic E-state index is -0.329. The molecule has 2 amide bonds. The molecule has 0 atom stereocenters. The topological polar surface area (TPSA) is 71.5 Å². The van der Waals surface area contributed by atoms with Gasteiger partial charge in [0.15, 0.2) is 0 Å². The van der Waals surface area contributed by atoms with Gasteiger partial charge < -0.3 is 15.0 Å². The minimum Gasteiger partial charge on any atom is -0.383 e. The highest BCUT2D eigenvalue weighted by Gasteiger charge is 2.18. The second kappa shape index (κ2) is 8.79. The van der Waals surface area contributed by atoms with Crippen LogP contribution in [0.2, 0.25) is 0 Å². The SMILES string of the molecule is CCN(C(=O)c1cccc(C(=O)NCCOC)n1)c1ccccc1. The minimum absolute atomic E-state index is 0.209. The Morgan fingerprint density at radius 3 is 2.46 bits per heavy atom. The lowest BCUT2D eigenvalue weighted by atomic mass is 10.2. The summed E-state index contributed by atoms with van der Waals surface area (Å²) in [5.41, 5.74) is 1.24. The van der Waals surface area contributed by atoms with Crippen molar-refractivity contribution in [2.24, 2.45) is 0 Å². The van der Waals surface area contributed by atoms with E-state index in [-0.39, 0.29) is 23.2 Å². The number of rotatable bonds is 7. The molecule has 0 spiro atoms. The van der Waals surface area contributed by atoms with E-state index in [1.165, 1.54) is 0 Å². The number of hydrogen-bond donors (Lipinski definition) is 1. The molecule has 1 aromatic heterocycles. The molecule has 6 nitrogen and oxygen atoms in total. The van der Waals surface area contributed by atoms with Crippen LogP contribution in [0.1, 0.15) is 27.9 Å². The molecule has 0 bridgehead atoms. The van der Waals surface area contributed by atoms with Gasteiger partial charge in [0, 0.05) is 25.9 Å². The standard InChI is InChI=1S/C18H21N3O3/c1-3-21(14-8-5-4-6-9-14)18(23)16-11-7-10-15(20-16)17(22)19-12-13-24-2/h4-11H,3,12-13H2,1-2H3,(H,19,22). The molecule has 0 saturated carbocycles. The molecular weight excluding hydrogens is 306 g/mol. The van der Waals surface area contributed by atoms with E-state index >= 15 is 0 Å².